The Morgan fingerprint density at radius 1 is 1.59 bits per heavy atom. The van der Waals surface area contributed by atoms with Gasteiger partial charge >= 0.3 is 0 Å². The lowest BCUT2D eigenvalue weighted by molar-refractivity contribution is -0.0855. The maximum Gasteiger partial charge on any atom is 0.291 e. The smallest absolute Gasteiger partial charge is 0.291 e. The third-order valence-electron chi connectivity index (χ3n) is 2.44. The largest absolute Gasteiger partial charge is 0.376 e. The van der Waals surface area contributed by atoms with Crippen molar-refractivity contribution in [2.45, 2.75) is 19.4 Å². The van der Waals surface area contributed by atoms with E-state index in [1.165, 1.54) is 0 Å². The average molecular weight is 240 g/mol. The number of hydrogen-bond acceptors (Lipinski definition) is 5. The number of carbonyl (C=O) groups excluding carboxylic acids is 1. The van der Waals surface area contributed by atoms with E-state index in [2.05, 4.69) is 20.5 Å². The molecular formula is C10H16N4O3. The summed E-state index contributed by atoms with van der Waals surface area (Å²) in [6, 6.07) is 0. The van der Waals surface area contributed by atoms with Crippen LogP contribution in [0, 0.1) is 0 Å². The van der Waals surface area contributed by atoms with Gasteiger partial charge in [0.1, 0.15) is 5.82 Å². The Labute approximate surface area is 98.9 Å². The molecule has 1 atom stereocenters. The van der Waals surface area contributed by atoms with Gasteiger partial charge in [-0.05, 0) is 0 Å². The lowest BCUT2D eigenvalue weighted by Crippen LogP contribution is -2.40. The molecule has 0 bridgehead atoms. The van der Waals surface area contributed by atoms with Gasteiger partial charge in [0.2, 0.25) is 5.82 Å². The van der Waals surface area contributed by atoms with Crippen LogP contribution < -0.4 is 5.32 Å². The van der Waals surface area contributed by atoms with Crippen molar-refractivity contribution < 1.29 is 14.3 Å². The predicted octanol–water partition coefficient (Wildman–Crippen LogP) is -0.488. The number of H-pyrrole nitrogens is 1. The van der Waals surface area contributed by atoms with Crippen LogP contribution in [0.3, 0.4) is 0 Å². The zero-order valence-corrected chi connectivity index (χ0v) is 9.73. The number of carbonyl (C=O) groups is 1. The molecule has 2 rings (SSSR count). The molecule has 1 amide bonds. The van der Waals surface area contributed by atoms with Crippen molar-refractivity contribution in [3.05, 3.63) is 11.6 Å². The van der Waals surface area contributed by atoms with E-state index in [0.29, 0.717) is 32.2 Å². The molecule has 1 aliphatic heterocycles. The maximum atomic E-state index is 11.7. The van der Waals surface area contributed by atoms with Crippen molar-refractivity contribution in [3.63, 3.8) is 0 Å². The van der Waals surface area contributed by atoms with Gasteiger partial charge in [-0.25, -0.2) is 4.98 Å². The fraction of sp³-hybridized carbons (Fsp3) is 0.700. The van der Waals surface area contributed by atoms with E-state index in [9.17, 15) is 4.79 Å². The van der Waals surface area contributed by atoms with Gasteiger partial charge in [-0.3, -0.25) is 9.89 Å². The van der Waals surface area contributed by atoms with Crippen LogP contribution in [0.4, 0.5) is 0 Å². The van der Waals surface area contributed by atoms with Crippen LogP contribution in [-0.2, 0) is 15.9 Å². The minimum atomic E-state index is -0.296. The Balaban J connectivity index is 1.80. The highest BCUT2D eigenvalue weighted by Crippen LogP contribution is 1.99. The second kappa shape index (κ2) is 5.74. The molecule has 7 nitrogen and oxygen atoms in total. The summed E-state index contributed by atoms with van der Waals surface area (Å²) in [5, 5.41) is 9.24. The van der Waals surface area contributed by atoms with E-state index >= 15 is 0 Å². The summed E-state index contributed by atoms with van der Waals surface area (Å²) in [6.07, 6.45) is 0.636. The molecule has 1 aromatic rings. The first-order valence-electron chi connectivity index (χ1n) is 5.68. The number of aryl methyl sites for hydroxylation is 1. The molecule has 1 aliphatic rings. The highest BCUT2D eigenvalue weighted by Gasteiger charge is 2.17. The van der Waals surface area contributed by atoms with Gasteiger partial charge in [0.25, 0.3) is 5.91 Å². The van der Waals surface area contributed by atoms with Gasteiger partial charge < -0.3 is 14.8 Å². The first kappa shape index (κ1) is 12.0. The van der Waals surface area contributed by atoms with Crippen molar-refractivity contribution in [2.24, 2.45) is 0 Å². The first-order valence-corrected chi connectivity index (χ1v) is 5.68. The van der Waals surface area contributed by atoms with Crippen molar-refractivity contribution in [3.8, 4) is 0 Å². The topological polar surface area (TPSA) is 89.1 Å². The molecule has 17 heavy (non-hydrogen) atoms. The molecule has 0 saturated carbocycles. The summed E-state index contributed by atoms with van der Waals surface area (Å²) < 4.78 is 10.6. The third kappa shape index (κ3) is 3.24. The summed E-state index contributed by atoms with van der Waals surface area (Å²) in [7, 11) is 0. The van der Waals surface area contributed by atoms with Crippen LogP contribution >= 0.6 is 0 Å². The molecular weight excluding hydrogens is 224 g/mol. The SMILES string of the molecule is CCc1nc(C(=O)NCC2COCCO2)n[nH]1. The third-order valence-corrected chi connectivity index (χ3v) is 2.44. The summed E-state index contributed by atoms with van der Waals surface area (Å²) >= 11 is 0. The fourth-order valence-electron chi connectivity index (χ4n) is 1.50. The molecule has 2 heterocycles. The van der Waals surface area contributed by atoms with Crippen LogP contribution in [0.25, 0.3) is 0 Å². The van der Waals surface area contributed by atoms with E-state index in [1.54, 1.807) is 0 Å². The fourth-order valence-corrected chi connectivity index (χ4v) is 1.50. The Bertz CT molecular complexity index is 373. The molecule has 0 aromatic carbocycles. The number of hydrogen-bond donors (Lipinski definition) is 2. The van der Waals surface area contributed by atoms with Crippen LogP contribution in [0.2, 0.25) is 0 Å². The van der Waals surface area contributed by atoms with E-state index in [0.717, 1.165) is 6.42 Å². The van der Waals surface area contributed by atoms with E-state index in [4.69, 9.17) is 9.47 Å². The summed E-state index contributed by atoms with van der Waals surface area (Å²) in [5.41, 5.74) is 0. The van der Waals surface area contributed by atoms with Crippen LogP contribution in [0.5, 0.6) is 0 Å². The van der Waals surface area contributed by atoms with Gasteiger partial charge in [-0.2, -0.15) is 0 Å². The Morgan fingerprint density at radius 2 is 2.47 bits per heavy atom. The summed E-state index contributed by atoms with van der Waals surface area (Å²) in [5.74, 6) is 0.570. The molecule has 1 saturated heterocycles. The Morgan fingerprint density at radius 3 is 3.12 bits per heavy atom. The second-order valence-electron chi connectivity index (χ2n) is 3.74. The van der Waals surface area contributed by atoms with Crippen molar-refractivity contribution in [1.82, 2.24) is 20.5 Å². The van der Waals surface area contributed by atoms with Gasteiger partial charge in [0.15, 0.2) is 0 Å². The minimum absolute atomic E-state index is 0.0858. The van der Waals surface area contributed by atoms with Gasteiger partial charge in [0, 0.05) is 13.0 Å². The Kier molecular flexibility index (Phi) is 4.05. The molecule has 94 valence electrons. The zero-order chi connectivity index (χ0) is 12.1. The van der Waals surface area contributed by atoms with Crippen LogP contribution in [-0.4, -0.2) is 53.6 Å². The predicted molar refractivity (Wildman–Crippen MR) is 58.7 cm³/mol. The average Bonchev–Trinajstić information content (AvgIpc) is 2.86. The first-order chi connectivity index (χ1) is 8.29. The standard InChI is InChI=1S/C10H16N4O3/c1-2-8-12-9(14-13-8)10(15)11-5-7-6-16-3-4-17-7/h7H,2-6H2,1H3,(H,11,15)(H,12,13,14). The number of ether oxygens (including phenoxy) is 2. The molecule has 7 heteroatoms. The lowest BCUT2D eigenvalue weighted by Gasteiger charge is -2.22. The van der Waals surface area contributed by atoms with Crippen molar-refractivity contribution >= 4 is 5.91 Å². The summed E-state index contributed by atoms with van der Waals surface area (Å²) in [6.45, 7) is 4.05. The van der Waals surface area contributed by atoms with Crippen molar-refractivity contribution in [2.75, 3.05) is 26.4 Å². The number of nitrogens with one attached hydrogen (secondary N) is 2. The number of nitrogens with zero attached hydrogens (tertiary/aromatic N) is 2. The van der Waals surface area contributed by atoms with E-state index in [1.807, 2.05) is 6.92 Å². The second-order valence-corrected chi connectivity index (χ2v) is 3.74. The van der Waals surface area contributed by atoms with Gasteiger partial charge in [-0.1, -0.05) is 6.92 Å². The van der Waals surface area contributed by atoms with Gasteiger partial charge in [-0.15, -0.1) is 5.10 Å². The zero-order valence-electron chi connectivity index (χ0n) is 9.73. The van der Waals surface area contributed by atoms with E-state index < -0.39 is 0 Å². The molecule has 0 aliphatic carbocycles. The number of amides is 1. The summed E-state index contributed by atoms with van der Waals surface area (Å²) in [4.78, 5) is 15.7. The lowest BCUT2D eigenvalue weighted by atomic mass is 10.3. The maximum absolute atomic E-state index is 11.7. The molecule has 0 radical (unpaired) electrons. The highest BCUT2D eigenvalue weighted by atomic mass is 16.6. The normalized spacial score (nSPS) is 20.2. The molecule has 2 N–H and O–H groups in total. The monoisotopic (exact) mass is 240 g/mol. The molecule has 1 aromatic heterocycles. The number of aromatic nitrogens is 3. The molecule has 1 unspecified atom stereocenters. The van der Waals surface area contributed by atoms with E-state index in [-0.39, 0.29) is 17.8 Å². The van der Waals surface area contributed by atoms with Crippen LogP contribution in [0.1, 0.15) is 23.4 Å². The molecule has 0 spiro atoms. The van der Waals surface area contributed by atoms with Crippen molar-refractivity contribution in [1.29, 1.82) is 0 Å². The minimum Gasteiger partial charge on any atom is -0.376 e. The highest BCUT2D eigenvalue weighted by molar-refractivity contribution is 5.90. The number of aromatic amines is 1. The van der Waals surface area contributed by atoms with Gasteiger partial charge in [0.05, 0.1) is 25.9 Å². The van der Waals surface area contributed by atoms with Crippen LogP contribution in [0.15, 0.2) is 0 Å². The molecule has 1 fully saturated rings. The Hall–Kier alpha value is -1.47. The quantitative estimate of drug-likeness (QED) is 0.741. The number of rotatable bonds is 4.